The van der Waals surface area contributed by atoms with E-state index in [1.165, 1.54) is 11.3 Å². The molecule has 1 aliphatic carbocycles. The summed E-state index contributed by atoms with van der Waals surface area (Å²) >= 11 is 5.93. The van der Waals surface area contributed by atoms with Crippen LogP contribution in [0.25, 0.3) is 11.4 Å². The molecule has 1 unspecified atom stereocenters. The van der Waals surface area contributed by atoms with Gasteiger partial charge in [-0.1, -0.05) is 11.6 Å². The SMILES string of the molecule is Clc1ccc(OC2CCCN(c3nc(-c4ccncc4)nc4c3CCC4)C2)nc1. The largest absolute Gasteiger partial charge is 0.472 e. The fraction of sp³-hybridized carbons (Fsp3) is 0.364. The van der Waals surface area contributed by atoms with Gasteiger partial charge in [0.2, 0.25) is 5.88 Å². The number of halogens is 1. The van der Waals surface area contributed by atoms with Crippen LogP contribution in [-0.2, 0) is 12.8 Å². The van der Waals surface area contributed by atoms with E-state index in [1.807, 2.05) is 24.3 Å². The molecule has 1 aliphatic heterocycles. The van der Waals surface area contributed by atoms with Crippen LogP contribution in [0.4, 0.5) is 5.82 Å². The Morgan fingerprint density at radius 2 is 1.93 bits per heavy atom. The van der Waals surface area contributed by atoms with E-state index in [0.717, 1.165) is 62.4 Å². The number of aromatic nitrogens is 4. The zero-order valence-electron chi connectivity index (χ0n) is 16.1. The molecule has 0 N–H and O–H groups in total. The molecule has 29 heavy (non-hydrogen) atoms. The van der Waals surface area contributed by atoms with Crippen molar-refractivity contribution < 1.29 is 4.74 Å². The van der Waals surface area contributed by atoms with Crippen molar-refractivity contribution in [2.24, 2.45) is 0 Å². The standard InChI is InChI=1S/C22H22ClN5O/c23-16-6-7-20(25-13-16)29-17-3-2-12-28(14-17)22-18-4-1-5-19(18)26-21(27-22)15-8-10-24-11-9-15/h6-11,13,17H,1-5,12,14H2. The first-order valence-corrected chi connectivity index (χ1v) is 10.5. The first-order chi connectivity index (χ1) is 14.3. The Balaban J connectivity index is 1.42. The van der Waals surface area contributed by atoms with Crippen molar-refractivity contribution in [3.63, 3.8) is 0 Å². The highest BCUT2D eigenvalue weighted by Gasteiger charge is 2.28. The van der Waals surface area contributed by atoms with Crippen LogP contribution < -0.4 is 9.64 Å². The molecular formula is C22H22ClN5O. The number of piperidine rings is 1. The number of nitrogens with zero attached hydrogens (tertiary/aromatic N) is 5. The van der Waals surface area contributed by atoms with E-state index in [0.29, 0.717) is 10.9 Å². The summed E-state index contributed by atoms with van der Waals surface area (Å²) in [6, 6.07) is 7.57. The van der Waals surface area contributed by atoms with Crippen LogP contribution >= 0.6 is 11.6 Å². The van der Waals surface area contributed by atoms with Gasteiger partial charge >= 0.3 is 0 Å². The Morgan fingerprint density at radius 3 is 2.76 bits per heavy atom. The molecule has 0 saturated carbocycles. The van der Waals surface area contributed by atoms with Gasteiger partial charge in [-0.3, -0.25) is 4.98 Å². The molecule has 2 aliphatic rings. The second kappa shape index (κ2) is 7.95. The predicted molar refractivity (Wildman–Crippen MR) is 112 cm³/mol. The Hall–Kier alpha value is -2.73. The van der Waals surface area contributed by atoms with Crippen molar-refractivity contribution in [1.82, 2.24) is 19.9 Å². The van der Waals surface area contributed by atoms with Gasteiger partial charge in [0, 0.05) is 48.0 Å². The molecule has 0 radical (unpaired) electrons. The Bertz CT molecular complexity index is 996. The topological polar surface area (TPSA) is 64.0 Å². The average molecular weight is 408 g/mol. The summed E-state index contributed by atoms with van der Waals surface area (Å²) in [6.45, 7) is 1.77. The van der Waals surface area contributed by atoms with Crippen LogP contribution in [0.15, 0.2) is 42.9 Å². The van der Waals surface area contributed by atoms with Crippen molar-refractivity contribution in [1.29, 1.82) is 0 Å². The minimum absolute atomic E-state index is 0.0776. The number of ether oxygens (including phenoxy) is 1. The maximum Gasteiger partial charge on any atom is 0.213 e. The minimum Gasteiger partial charge on any atom is -0.472 e. The van der Waals surface area contributed by atoms with Crippen molar-refractivity contribution >= 4 is 17.4 Å². The fourth-order valence-corrected chi connectivity index (χ4v) is 4.25. The monoisotopic (exact) mass is 407 g/mol. The second-order valence-electron chi connectivity index (χ2n) is 7.53. The van der Waals surface area contributed by atoms with Gasteiger partial charge in [-0.2, -0.15) is 0 Å². The Morgan fingerprint density at radius 1 is 1.03 bits per heavy atom. The molecule has 1 saturated heterocycles. The number of hydrogen-bond acceptors (Lipinski definition) is 6. The van der Waals surface area contributed by atoms with Crippen LogP contribution in [0.5, 0.6) is 5.88 Å². The van der Waals surface area contributed by atoms with Crippen LogP contribution in [-0.4, -0.2) is 39.1 Å². The Labute approximate surface area is 175 Å². The number of aryl methyl sites for hydroxylation is 1. The van der Waals surface area contributed by atoms with Gasteiger partial charge in [-0.15, -0.1) is 0 Å². The van der Waals surface area contributed by atoms with Gasteiger partial charge < -0.3 is 9.64 Å². The molecule has 148 valence electrons. The normalized spacial score (nSPS) is 18.5. The lowest BCUT2D eigenvalue weighted by Crippen LogP contribution is -2.42. The summed E-state index contributed by atoms with van der Waals surface area (Å²) in [5, 5.41) is 0.614. The van der Waals surface area contributed by atoms with E-state index >= 15 is 0 Å². The summed E-state index contributed by atoms with van der Waals surface area (Å²) < 4.78 is 6.13. The molecular weight excluding hydrogens is 386 g/mol. The van der Waals surface area contributed by atoms with E-state index in [-0.39, 0.29) is 6.10 Å². The lowest BCUT2D eigenvalue weighted by molar-refractivity contribution is 0.172. The molecule has 0 bridgehead atoms. The van der Waals surface area contributed by atoms with Crippen LogP contribution in [0.3, 0.4) is 0 Å². The third kappa shape index (κ3) is 3.90. The van der Waals surface area contributed by atoms with E-state index in [4.69, 9.17) is 26.3 Å². The van der Waals surface area contributed by atoms with Crippen molar-refractivity contribution in [2.75, 3.05) is 18.0 Å². The molecule has 4 heterocycles. The molecule has 3 aromatic heterocycles. The number of rotatable bonds is 4. The molecule has 1 atom stereocenters. The van der Waals surface area contributed by atoms with Gasteiger partial charge in [0.25, 0.3) is 0 Å². The molecule has 6 nitrogen and oxygen atoms in total. The summed E-state index contributed by atoms with van der Waals surface area (Å²) in [5.74, 6) is 2.47. The van der Waals surface area contributed by atoms with Crippen molar-refractivity contribution in [2.45, 2.75) is 38.2 Å². The average Bonchev–Trinajstić information content (AvgIpc) is 3.24. The number of anilines is 1. The molecule has 3 aromatic rings. The van der Waals surface area contributed by atoms with Crippen LogP contribution in [0.2, 0.25) is 5.02 Å². The highest BCUT2D eigenvalue weighted by Crippen LogP contribution is 2.33. The zero-order valence-corrected chi connectivity index (χ0v) is 16.8. The molecule has 0 aromatic carbocycles. The third-order valence-electron chi connectivity index (χ3n) is 5.52. The minimum atomic E-state index is 0.0776. The summed E-state index contributed by atoms with van der Waals surface area (Å²) in [6.07, 6.45) is 10.5. The first-order valence-electron chi connectivity index (χ1n) is 10.1. The maximum atomic E-state index is 6.13. The Kier molecular flexibility index (Phi) is 5.02. The highest BCUT2D eigenvalue weighted by atomic mass is 35.5. The van der Waals surface area contributed by atoms with Crippen molar-refractivity contribution in [3.8, 4) is 17.3 Å². The first kappa shape index (κ1) is 18.3. The van der Waals surface area contributed by atoms with Gasteiger partial charge in [0.15, 0.2) is 5.82 Å². The predicted octanol–water partition coefficient (Wildman–Crippen LogP) is 4.12. The van der Waals surface area contributed by atoms with Gasteiger partial charge in [0.05, 0.1) is 11.6 Å². The molecule has 0 spiro atoms. The van der Waals surface area contributed by atoms with Gasteiger partial charge in [-0.05, 0) is 50.3 Å². The highest BCUT2D eigenvalue weighted by molar-refractivity contribution is 6.30. The lowest BCUT2D eigenvalue weighted by atomic mass is 10.1. The van der Waals surface area contributed by atoms with Crippen LogP contribution in [0, 0.1) is 0 Å². The van der Waals surface area contributed by atoms with E-state index in [1.54, 1.807) is 18.6 Å². The fourth-order valence-electron chi connectivity index (χ4n) is 4.13. The number of fused-ring (bicyclic) bond motifs is 1. The van der Waals surface area contributed by atoms with E-state index in [9.17, 15) is 0 Å². The maximum absolute atomic E-state index is 6.13. The molecule has 1 fully saturated rings. The smallest absolute Gasteiger partial charge is 0.213 e. The summed E-state index contributed by atoms with van der Waals surface area (Å²) in [7, 11) is 0. The number of pyridine rings is 2. The van der Waals surface area contributed by atoms with Crippen molar-refractivity contribution in [3.05, 3.63) is 59.1 Å². The van der Waals surface area contributed by atoms with Gasteiger partial charge in [0.1, 0.15) is 11.9 Å². The lowest BCUT2D eigenvalue weighted by Gasteiger charge is -2.34. The molecule has 0 amide bonds. The summed E-state index contributed by atoms with van der Waals surface area (Å²) in [5.41, 5.74) is 3.49. The summed E-state index contributed by atoms with van der Waals surface area (Å²) in [4.78, 5) is 20.6. The third-order valence-corrected chi connectivity index (χ3v) is 5.74. The quantitative estimate of drug-likeness (QED) is 0.648. The zero-order chi connectivity index (χ0) is 19.6. The van der Waals surface area contributed by atoms with E-state index < -0.39 is 0 Å². The number of hydrogen-bond donors (Lipinski definition) is 0. The van der Waals surface area contributed by atoms with E-state index in [2.05, 4.69) is 14.9 Å². The van der Waals surface area contributed by atoms with Gasteiger partial charge in [-0.25, -0.2) is 15.0 Å². The molecule has 7 heteroatoms. The van der Waals surface area contributed by atoms with Crippen LogP contribution in [0.1, 0.15) is 30.5 Å². The molecule has 5 rings (SSSR count). The second-order valence-corrected chi connectivity index (χ2v) is 7.96.